The fourth-order valence-electron chi connectivity index (χ4n) is 2.30. The van der Waals surface area contributed by atoms with E-state index in [1.807, 2.05) is 13.8 Å². The first kappa shape index (κ1) is 15.4. The molecule has 1 heterocycles. The number of nitrogens with one attached hydrogen (secondary N) is 1. The fourth-order valence-corrected chi connectivity index (χ4v) is 2.30. The number of primary amides is 1. The number of hydrogen-bond acceptors (Lipinski definition) is 4. The molecule has 0 saturated carbocycles. The van der Waals surface area contributed by atoms with Crippen molar-refractivity contribution in [3.8, 4) is 0 Å². The van der Waals surface area contributed by atoms with Crippen LogP contribution in [-0.2, 0) is 9.53 Å². The molecule has 0 radical (unpaired) electrons. The number of ether oxygens (including phenoxy) is 1. The maximum absolute atomic E-state index is 11.5. The summed E-state index contributed by atoms with van der Waals surface area (Å²) in [5.41, 5.74) is 4.88. The van der Waals surface area contributed by atoms with Gasteiger partial charge in [0, 0.05) is 19.6 Å². The van der Waals surface area contributed by atoms with E-state index in [2.05, 4.69) is 17.1 Å². The van der Waals surface area contributed by atoms with Crippen molar-refractivity contribution in [3.05, 3.63) is 0 Å². The minimum Gasteiger partial charge on any atom is -0.376 e. The molecule has 2 unspecified atom stereocenters. The Bertz CT molecular complexity index is 273. The molecule has 5 heteroatoms. The number of rotatable bonds is 7. The molecule has 0 aliphatic carbocycles. The first-order valence-corrected chi connectivity index (χ1v) is 6.90. The van der Waals surface area contributed by atoms with Crippen molar-refractivity contribution >= 4 is 5.91 Å². The van der Waals surface area contributed by atoms with Crippen molar-refractivity contribution in [2.45, 2.75) is 45.3 Å². The van der Waals surface area contributed by atoms with Gasteiger partial charge in [-0.2, -0.15) is 0 Å². The summed E-state index contributed by atoms with van der Waals surface area (Å²) < 4.78 is 5.64. The van der Waals surface area contributed by atoms with E-state index in [-0.39, 0.29) is 5.91 Å². The number of nitrogens with two attached hydrogens (primary N) is 1. The lowest BCUT2D eigenvalue weighted by atomic mass is 9.96. The molecule has 1 fully saturated rings. The molecule has 1 aliphatic heterocycles. The highest BCUT2D eigenvalue weighted by atomic mass is 16.5. The van der Waals surface area contributed by atoms with Gasteiger partial charge in [-0.3, -0.25) is 9.69 Å². The summed E-state index contributed by atoms with van der Waals surface area (Å²) >= 11 is 0. The number of amides is 1. The highest BCUT2D eigenvalue weighted by molar-refractivity contribution is 5.84. The molecular formula is C13H27N3O2. The molecule has 1 saturated heterocycles. The quantitative estimate of drug-likeness (QED) is 0.690. The summed E-state index contributed by atoms with van der Waals surface area (Å²) in [6.45, 7) is 10.3. The predicted molar refractivity (Wildman–Crippen MR) is 72.4 cm³/mol. The summed E-state index contributed by atoms with van der Waals surface area (Å²) in [7, 11) is 0. The monoisotopic (exact) mass is 257 g/mol. The Morgan fingerprint density at radius 3 is 2.83 bits per heavy atom. The predicted octanol–water partition coefficient (Wildman–Crippen LogP) is 0.341. The number of hydrogen-bond donors (Lipinski definition) is 2. The molecule has 1 rings (SSSR count). The van der Waals surface area contributed by atoms with Crippen molar-refractivity contribution in [3.63, 3.8) is 0 Å². The van der Waals surface area contributed by atoms with Gasteiger partial charge in [-0.05, 0) is 26.3 Å². The van der Waals surface area contributed by atoms with Crippen LogP contribution in [0, 0.1) is 0 Å². The van der Waals surface area contributed by atoms with Gasteiger partial charge in [0.2, 0.25) is 5.91 Å². The minimum atomic E-state index is -0.602. The van der Waals surface area contributed by atoms with Gasteiger partial charge in [0.1, 0.15) is 0 Å². The second-order valence-corrected chi connectivity index (χ2v) is 5.18. The molecule has 2 atom stereocenters. The Kier molecular flexibility index (Phi) is 6.05. The average Bonchev–Trinajstić information content (AvgIpc) is 2.37. The van der Waals surface area contributed by atoms with Crippen LogP contribution in [0.1, 0.15) is 33.6 Å². The molecule has 0 aromatic carbocycles. The largest absolute Gasteiger partial charge is 0.376 e. The second-order valence-electron chi connectivity index (χ2n) is 5.18. The number of nitrogens with zero attached hydrogens (tertiary/aromatic N) is 1. The molecule has 0 aromatic heterocycles. The van der Waals surface area contributed by atoms with Gasteiger partial charge in [0.15, 0.2) is 0 Å². The van der Waals surface area contributed by atoms with Crippen molar-refractivity contribution in [2.24, 2.45) is 5.73 Å². The Balaban J connectivity index is 2.44. The van der Waals surface area contributed by atoms with E-state index in [1.54, 1.807) is 0 Å². The maximum atomic E-state index is 11.5. The van der Waals surface area contributed by atoms with Crippen LogP contribution in [0.2, 0.25) is 0 Å². The third-order valence-electron chi connectivity index (χ3n) is 3.72. The maximum Gasteiger partial charge on any atom is 0.237 e. The molecule has 18 heavy (non-hydrogen) atoms. The van der Waals surface area contributed by atoms with E-state index in [4.69, 9.17) is 10.5 Å². The van der Waals surface area contributed by atoms with Crippen LogP contribution >= 0.6 is 0 Å². The van der Waals surface area contributed by atoms with Crippen molar-refractivity contribution in [2.75, 3.05) is 32.8 Å². The lowest BCUT2D eigenvalue weighted by Crippen LogP contribution is -2.55. The third kappa shape index (κ3) is 4.23. The van der Waals surface area contributed by atoms with Crippen LogP contribution in [0.5, 0.6) is 0 Å². The molecule has 3 N–H and O–H groups in total. The fraction of sp³-hybridized carbons (Fsp3) is 0.923. The smallest absolute Gasteiger partial charge is 0.237 e. The van der Waals surface area contributed by atoms with E-state index < -0.39 is 5.54 Å². The Labute approximate surface area is 110 Å². The Hall–Kier alpha value is -0.650. The van der Waals surface area contributed by atoms with Crippen LogP contribution < -0.4 is 11.1 Å². The van der Waals surface area contributed by atoms with Gasteiger partial charge in [0.05, 0.1) is 18.2 Å². The lowest BCUT2D eigenvalue weighted by molar-refractivity contribution is -0.124. The zero-order valence-electron chi connectivity index (χ0n) is 11.9. The van der Waals surface area contributed by atoms with Crippen LogP contribution in [0.15, 0.2) is 0 Å². The van der Waals surface area contributed by atoms with Crippen LogP contribution in [-0.4, -0.2) is 55.2 Å². The van der Waals surface area contributed by atoms with Crippen LogP contribution in [0.3, 0.4) is 0 Å². The number of morpholine rings is 1. The highest BCUT2D eigenvalue weighted by Crippen LogP contribution is 2.13. The van der Waals surface area contributed by atoms with Crippen molar-refractivity contribution < 1.29 is 9.53 Å². The molecule has 1 amide bonds. The van der Waals surface area contributed by atoms with Gasteiger partial charge in [-0.1, -0.05) is 13.8 Å². The van der Waals surface area contributed by atoms with Gasteiger partial charge in [-0.25, -0.2) is 0 Å². The lowest BCUT2D eigenvalue weighted by Gasteiger charge is -2.35. The molecule has 0 spiro atoms. The Morgan fingerprint density at radius 1 is 1.56 bits per heavy atom. The summed E-state index contributed by atoms with van der Waals surface area (Å²) in [5.74, 6) is -0.273. The SMILES string of the molecule is CCNC(C)(CCN1CCOC(CC)C1)C(N)=O. The van der Waals surface area contributed by atoms with E-state index >= 15 is 0 Å². The van der Waals surface area contributed by atoms with E-state index in [1.165, 1.54) is 0 Å². The first-order chi connectivity index (χ1) is 8.51. The van der Waals surface area contributed by atoms with Gasteiger partial charge in [-0.15, -0.1) is 0 Å². The molecular weight excluding hydrogens is 230 g/mol. The van der Waals surface area contributed by atoms with Crippen LogP contribution in [0.25, 0.3) is 0 Å². The molecule has 0 aromatic rings. The number of likely N-dealkylation sites (N-methyl/N-ethyl adjacent to an activating group) is 1. The van der Waals surface area contributed by atoms with Gasteiger partial charge >= 0.3 is 0 Å². The van der Waals surface area contributed by atoms with Gasteiger partial charge in [0.25, 0.3) is 0 Å². The zero-order chi connectivity index (χ0) is 13.6. The third-order valence-corrected chi connectivity index (χ3v) is 3.72. The normalized spacial score (nSPS) is 24.7. The van der Waals surface area contributed by atoms with Gasteiger partial charge < -0.3 is 15.8 Å². The second kappa shape index (κ2) is 7.07. The topological polar surface area (TPSA) is 67.6 Å². The van der Waals surface area contributed by atoms with E-state index in [0.29, 0.717) is 6.10 Å². The van der Waals surface area contributed by atoms with Crippen molar-refractivity contribution in [1.82, 2.24) is 10.2 Å². The molecule has 0 bridgehead atoms. The summed E-state index contributed by atoms with van der Waals surface area (Å²) in [6, 6.07) is 0. The first-order valence-electron chi connectivity index (χ1n) is 6.90. The highest BCUT2D eigenvalue weighted by Gasteiger charge is 2.31. The molecule has 1 aliphatic rings. The number of carbonyl (C=O) groups excluding carboxylic acids is 1. The Morgan fingerprint density at radius 2 is 2.28 bits per heavy atom. The van der Waals surface area contributed by atoms with E-state index in [0.717, 1.165) is 45.6 Å². The van der Waals surface area contributed by atoms with Crippen LogP contribution in [0.4, 0.5) is 0 Å². The molecule has 5 nitrogen and oxygen atoms in total. The average molecular weight is 257 g/mol. The standard InChI is InChI=1S/C13H27N3O2/c1-4-11-10-16(8-9-18-11)7-6-13(3,12(14)17)15-5-2/h11,15H,4-10H2,1-3H3,(H2,14,17). The number of carbonyl (C=O) groups is 1. The minimum absolute atomic E-state index is 0.273. The summed E-state index contributed by atoms with van der Waals surface area (Å²) in [6.07, 6.45) is 2.11. The van der Waals surface area contributed by atoms with Crippen molar-refractivity contribution in [1.29, 1.82) is 0 Å². The summed E-state index contributed by atoms with van der Waals surface area (Å²) in [4.78, 5) is 13.9. The molecule has 106 valence electrons. The zero-order valence-corrected chi connectivity index (χ0v) is 11.9. The summed E-state index contributed by atoms with van der Waals surface area (Å²) in [5, 5.41) is 3.19. The van der Waals surface area contributed by atoms with E-state index in [9.17, 15) is 4.79 Å².